The van der Waals surface area contributed by atoms with Crippen LogP contribution in [0.25, 0.3) is 0 Å². The van der Waals surface area contributed by atoms with E-state index in [9.17, 15) is 4.79 Å². The number of methoxy groups -OCH3 is 1. The molecule has 2 unspecified atom stereocenters. The molecule has 1 aliphatic rings. The Morgan fingerprint density at radius 2 is 2.13 bits per heavy atom. The van der Waals surface area contributed by atoms with Crippen molar-refractivity contribution in [1.82, 2.24) is 0 Å². The molecule has 4 nitrogen and oxygen atoms in total. The summed E-state index contributed by atoms with van der Waals surface area (Å²) in [5, 5.41) is 11.3. The van der Waals surface area contributed by atoms with Crippen LogP contribution < -0.4 is 0 Å². The average molecular weight is 211 g/mol. The molecule has 0 aliphatic heterocycles. The molecule has 1 rings (SSSR count). The number of carbonyl (C=O) groups excluding carboxylic acids is 1. The largest absolute Gasteiger partial charge is 0.469 e. The van der Waals surface area contributed by atoms with E-state index in [0.29, 0.717) is 0 Å². The number of oxime groups is 1. The van der Waals surface area contributed by atoms with Gasteiger partial charge in [-0.15, -0.1) is 0 Å². The maximum atomic E-state index is 11.4. The van der Waals surface area contributed by atoms with Crippen molar-refractivity contribution in [3.05, 3.63) is 11.6 Å². The summed E-state index contributed by atoms with van der Waals surface area (Å²) in [7, 11) is 1.40. The van der Waals surface area contributed by atoms with Gasteiger partial charge in [-0.05, 0) is 23.8 Å². The zero-order chi connectivity index (χ0) is 11.6. The Morgan fingerprint density at radius 1 is 1.53 bits per heavy atom. The van der Waals surface area contributed by atoms with E-state index in [0.717, 1.165) is 5.57 Å². The zero-order valence-electron chi connectivity index (χ0n) is 9.52. The van der Waals surface area contributed by atoms with E-state index in [1.165, 1.54) is 13.3 Å². The van der Waals surface area contributed by atoms with Gasteiger partial charge in [0.1, 0.15) is 0 Å². The summed E-state index contributed by atoms with van der Waals surface area (Å²) < 4.78 is 4.73. The van der Waals surface area contributed by atoms with Gasteiger partial charge in [0.2, 0.25) is 0 Å². The Kier molecular flexibility index (Phi) is 3.17. The van der Waals surface area contributed by atoms with Crippen LogP contribution in [0.5, 0.6) is 0 Å². The Balaban J connectivity index is 2.75. The molecule has 84 valence electrons. The fourth-order valence-corrected chi connectivity index (χ4v) is 1.98. The van der Waals surface area contributed by atoms with Crippen molar-refractivity contribution < 1.29 is 14.7 Å². The normalized spacial score (nSPS) is 29.2. The summed E-state index contributed by atoms with van der Waals surface area (Å²) in [5.41, 5.74) is 0.791. The van der Waals surface area contributed by atoms with Gasteiger partial charge in [0.15, 0.2) is 0 Å². The second-order valence-corrected chi connectivity index (χ2v) is 4.50. The standard InChI is InChI=1S/C11H17NO3/c1-7(6-12-14)5-8-9(10(13)15-4)11(8,2)3/h5-6,8-9,14H,1-4H3/b7-5+,12-6-. The van der Waals surface area contributed by atoms with Gasteiger partial charge >= 0.3 is 5.97 Å². The Hall–Kier alpha value is -1.32. The van der Waals surface area contributed by atoms with Crippen LogP contribution in [-0.4, -0.2) is 24.5 Å². The predicted octanol–water partition coefficient (Wildman–Crippen LogP) is 1.84. The summed E-state index contributed by atoms with van der Waals surface area (Å²) in [6.45, 7) is 5.89. The number of hydrogen-bond acceptors (Lipinski definition) is 4. The smallest absolute Gasteiger partial charge is 0.309 e. The molecule has 1 fully saturated rings. The molecule has 4 heteroatoms. The maximum Gasteiger partial charge on any atom is 0.309 e. The van der Waals surface area contributed by atoms with E-state index in [-0.39, 0.29) is 23.2 Å². The highest BCUT2D eigenvalue weighted by molar-refractivity contribution is 5.80. The summed E-state index contributed by atoms with van der Waals surface area (Å²) in [6.07, 6.45) is 3.31. The minimum atomic E-state index is -0.171. The first-order chi connectivity index (χ1) is 6.95. The number of rotatable bonds is 3. The van der Waals surface area contributed by atoms with Crippen molar-refractivity contribution >= 4 is 12.2 Å². The number of nitrogens with zero attached hydrogens (tertiary/aromatic N) is 1. The van der Waals surface area contributed by atoms with Crippen molar-refractivity contribution in [2.24, 2.45) is 22.4 Å². The topological polar surface area (TPSA) is 58.9 Å². The summed E-state index contributed by atoms with van der Waals surface area (Å²) in [5.74, 6) is -0.0810. The van der Waals surface area contributed by atoms with Crippen LogP contribution in [0.2, 0.25) is 0 Å². The molecule has 0 radical (unpaired) electrons. The van der Waals surface area contributed by atoms with E-state index < -0.39 is 0 Å². The Morgan fingerprint density at radius 3 is 2.60 bits per heavy atom. The molecule has 0 saturated heterocycles. The SMILES string of the molecule is COC(=O)C1C(/C=C(C)/C=N\O)C1(C)C. The third kappa shape index (κ3) is 2.19. The third-order valence-corrected chi connectivity index (χ3v) is 3.07. The second kappa shape index (κ2) is 4.04. The fourth-order valence-electron chi connectivity index (χ4n) is 1.98. The van der Waals surface area contributed by atoms with Gasteiger partial charge in [-0.1, -0.05) is 25.1 Å². The lowest BCUT2D eigenvalue weighted by Crippen LogP contribution is -2.07. The lowest BCUT2D eigenvalue weighted by atomic mass is 10.1. The van der Waals surface area contributed by atoms with Gasteiger partial charge in [0, 0.05) is 0 Å². The van der Waals surface area contributed by atoms with Crippen molar-refractivity contribution in [3.63, 3.8) is 0 Å². The summed E-state index contributed by atoms with van der Waals surface area (Å²) in [6, 6.07) is 0. The van der Waals surface area contributed by atoms with Gasteiger partial charge in [0.25, 0.3) is 0 Å². The Labute approximate surface area is 89.6 Å². The molecule has 15 heavy (non-hydrogen) atoms. The third-order valence-electron chi connectivity index (χ3n) is 3.07. The molecule has 1 N–H and O–H groups in total. The van der Waals surface area contributed by atoms with Crippen LogP contribution >= 0.6 is 0 Å². The lowest BCUT2D eigenvalue weighted by Gasteiger charge is -1.99. The van der Waals surface area contributed by atoms with Crippen LogP contribution in [0, 0.1) is 17.3 Å². The summed E-state index contributed by atoms with van der Waals surface area (Å²) in [4.78, 5) is 11.4. The molecule has 0 amide bonds. The number of hydrogen-bond donors (Lipinski definition) is 1. The Bertz CT molecular complexity index is 318. The molecule has 2 atom stereocenters. The minimum Gasteiger partial charge on any atom is -0.469 e. The molecule has 0 bridgehead atoms. The quantitative estimate of drug-likeness (QED) is 0.335. The van der Waals surface area contributed by atoms with Crippen molar-refractivity contribution in [2.75, 3.05) is 7.11 Å². The van der Waals surface area contributed by atoms with Crippen LogP contribution in [0.3, 0.4) is 0 Å². The monoisotopic (exact) mass is 211 g/mol. The number of allylic oxidation sites excluding steroid dienone is 2. The summed E-state index contributed by atoms with van der Waals surface area (Å²) >= 11 is 0. The molecule has 1 saturated carbocycles. The van der Waals surface area contributed by atoms with E-state index in [2.05, 4.69) is 5.16 Å². The molecule has 0 aromatic heterocycles. The first kappa shape index (κ1) is 11.8. The molecule has 0 aromatic rings. The fraction of sp³-hybridized carbons (Fsp3) is 0.636. The highest BCUT2D eigenvalue weighted by Gasteiger charge is 2.61. The van der Waals surface area contributed by atoms with Crippen LogP contribution in [0.1, 0.15) is 20.8 Å². The first-order valence-corrected chi connectivity index (χ1v) is 4.88. The maximum absolute atomic E-state index is 11.4. The molecular formula is C11H17NO3. The van der Waals surface area contributed by atoms with E-state index in [4.69, 9.17) is 9.94 Å². The van der Waals surface area contributed by atoms with Crippen molar-refractivity contribution in [1.29, 1.82) is 0 Å². The molecule has 1 aliphatic carbocycles. The van der Waals surface area contributed by atoms with Crippen molar-refractivity contribution in [3.8, 4) is 0 Å². The highest BCUT2D eigenvalue weighted by Crippen LogP contribution is 2.59. The molecule has 0 aromatic carbocycles. The number of esters is 1. The highest BCUT2D eigenvalue weighted by atomic mass is 16.5. The van der Waals surface area contributed by atoms with E-state index in [1.807, 2.05) is 26.8 Å². The lowest BCUT2D eigenvalue weighted by molar-refractivity contribution is -0.143. The molecule has 0 heterocycles. The van der Waals surface area contributed by atoms with Gasteiger partial charge in [-0.2, -0.15) is 0 Å². The van der Waals surface area contributed by atoms with E-state index in [1.54, 1.807) is 0 Å². The second-order valence-electron chi connectivity index (χ2n) is 4.50. The minimum absolute atomic E-state index is 0.0579. The van der Waals surface area contributed by atoms with Crippen molar-refractivity contribution in [2.45, 2.75) is 20.8 Å². The van der Waals surface area contributed by atoms with E-state index >= 15 is 0 Å². The van der Waals surface area contributed by atoms with Gasteiger partial charge in [-0.3, -0.25) is 4.79 Å². The van der Waals surface area contributed by atoms with Crippen LogP contribution in [0.4, 0.5) is 0 Å². The van der Waals surface area contributed by atoms with Gasteiger partial charge in [0.05, 0.1) is 19.2 Å². The zero-order valence-corrected chi connectivity index (χ0v) is 9.52. The van der Waals surface area contributed by atoms with Gasteiger partial charge in [-0.25, -0.2) is 0 Å². The molecule has 0 spiro atoms. The predicted molar refractivity (Wildman–Crippen MR) is 56.8 cm³/mol. The van der Waals surface area contributed by atoms with Gasteiger partial charge < -0.3 is 9.94 Å². The number of ether oxygens (including phenoxy) is 1. The van der Waals surface area contributed by atoms with Crippen LogP contribution in [0.15, 0.2) is 16.8 Å². The average Bonchev–Trinajstić information content (AvgIpc) is 2.67. The van der Waals surface area contributed by atoms with Crippen LogP contribution in [-0.2, 0) is 9.53 Å². The molecular weight excluding hydrogens is 194 g/mol. The number of carbonyl (C=O) groups is 1. The first-order valence-electron chi connectivity index (χ1n) is 4.88.